The van der Waals surface area contributed by atoms with E-state index in [1.54, 1.807) is 18.2 Å². The Morgan fingerprint density at radius 1 is 1.03 bits per heavy atom. The lowest BCUT2D eigenvalue weighted by molar-refractivity contribution is -0.131. The van der Waals surface area contributed by atoms with Gasteiger partial charge in [0.05, 0.1) is 0 Å². The summed E-state index contributed by atoms with van der Waals surface area (Å²) in [5.74, 6) is -0.538. The second kappa shape index (κ2) is 11.2. The van der Waals surface area contributed by atoms with Crippen LogP contribution >= 0.6 is 11.6 Å². The smallest absolute Gasteiger partial charge is 0.273 e. The van der Waals surface area contributed by atoms with Crippen molar-refractivity contribution in [2.45, 2.75) is 19.1 Å². The predicted molar refractivity (Wildman–Crippen MR) is 122 cm³/mol. The van der Waals surface area contributed by atoms with E-state index in [1.807, 2.05) is 30.3 Å². The largest absolute Gasteiger partial charge is 0.382 e. The first-order valence-electron chi connectivity index (χ1n) is 9.97. The number of hydrogen-bond donors (Lipinski definition) is 3. The van der Waals surface area contributed by atoms with Gasteiger partial charge in [-0.2, -0.15) is 0 Å². The lowest BCUT2D eigenvalue weighted by atomic mass is 10.1. The third kappa shape index (κ3) is 6.03. The van der Waals surface area contributed by atoms with E-state index in [4.69, 9.17) is 22.1 Å². The summed E-state index contributed by atoms with van der Waals surface area (Å²) in [4.78, 5) is 32.5. The zero-order chi connectivity index (χ0) is 22.9. The Morgan fingerprint density at radius 3 is 2.41 bits per heavy atom. The molecule has 166 valence electrons. The molecule has 32 heavy (non-hydrogen) atoms. The zero-order valence-electron chi connectivity index (χ0n) is 17.5. The predicted octanol–water partition coefficient (Wildman–Crippen LogP) is 2.69. The number of benzene rings is 2. The summed E-state index contributed by atoms with van der Waals surface area (Å²) in [5, 5.41) is 6.14. The van der Waals surface area contributed by atoms with Crippen molar-refractivity contribution in [3.63, 3.8) is 0 Å². The molecule has 3 rings (SSSR count). The van der Waals surface area contributed by atoms with Crippen LogP contribution in [0.1, 0.15) is 33.3 Å². The van der Waals surface area contributed by atoms with Crippen LogP contribution in [0.4, 0.5) is 5.82 Å². The molecule has 0 fully saturated rings. The van der Waals surface area contributed by atoms with E-state index >= 15 is 0 Å². The number of anilines is 1. The number of amides is 2. The summed E-state index contributed by atoms with van der Waals surface area (Å²) < 4.78 is 5.34. The molecule has 0 spiro atoms. The number of aromatic nitrogens is 2. The number of carbonyl (C=O) groups excluding carboxylic acids is 2. The van der Waals surface area contributed by atoms with E-state index < -0.39 is 6.10 Å². The third-order valence-electron chi connectivity index (χ3n) is 4.79. The minimum atomic E-state index is -0.766. The van der Waals surface area contributed by atoms with Gasteiger partial charge in [0.15, 0.2) is 17.6 Å². The molecule has 4 N–H and O–H groups in total. The second-order valence-electron chi connectivity index (χ2n) is 6.97. The highest BCUT2D eigenvalue weighted by Crippen LogP contribution is 2.25. The summed E-state index contributed by atoms with van der Waals surface area (Å²) in [6, 6.07) is 14.8. The number of rotatable bonds is 9. The summed E-state index contributed by atoms with van der Waals surface area (Å²) >= 11 is 6.18. The maximum Gasteiger partial charge on any atom is 0.273 e. The first-order chi connectivity index (χ1) is 15.5. The van der Waals surface area contributed by atoms with Crippen molar-refractivity contribution in [1.82, 2.24) is 20.6 Å². The van der Waals surface area contributed by atoms with Crippen LogP contribution in [0.3, 0.4) is 0 Å². The fraction of sp³-hybridized carbons (Fsp3) is 0.217. The number of nitrogens with zero attached hydrogens (tertiary/aromatic N) is 2. The Hall–Kier alpha value is -3.49. The van der Waals surface area contributed by atoms with Gasteiger partial charge in [-0.05, 0) is 23.6 Å². The number of carbonyl (C=O) groups is 2. The van der Waals surface area contributed by atoms with E-state index in [1.165, 1.54) is 19.5 Å². The van der Waals surface area contributed by atoms with E-state index in [9.17, 15) is 9.59 Å². The zero-order valence-corrected chi connectivity index (χ0v) is 18.3. The molecule has 1 atom stereocenters. The number of methoxy groups -OCH3 is 1. The molecular weight excluding hydrogens is 430 g/mol. The van der Waals surface area contributed by atoms with E-state index in [0.29, 0.717) is 30.1 Å². The molecular formula is C23H24ClN5O3. The Balaban J connectivity index is 1.47. The minimum absolute atomic E-state index is 0.0904. The summed E-state index contributed by atoms with van der Waals surface area (Å²) in [6.07, 6.45) is 2.73. The highest BCUT2D eigenvalue weighted by atomic mass is 35.5. The Bertz CT molecular complexity index is 1080. The third-order valence-corrected chi connectivity index (χ3v) is 5.14. The van der Waals surface area contributed by atoms with Crippen LogP contribution < -0.4 is 16.4 Å². The molecule has 1 aromatic heterocycles. The molecule has 9 heteroatoms. The number of halogens is 1. The normalized spacial score (nSPS) is 11.6. The molecule has 0 saturated heterocycles. The monoisotopic (exact) mass is 453 g/mol. The van der Waals surface area contributed by atoms with Gasteiger partial charge in [-0.3, -0.25) is 9.59 Å². The molecule has 0 saturated carbocycles. The van der Waals surface area contributed by atoms with Crippen molar-refractivity contribution < 1.29 is 14.3 Å². The molecule has 0 aliphatic rings. The SMILES string of the molecule is CO[C@@H](C(=O)NCCc1ccc(CNC(=O)c2nccnc2N)cc1)c1ccccc1Cl. The average molecular weight is 454 g/mol. The van der Waals surface area contributed by atoms with Crippen LogP contribution in [0, 0.1) is 0 Å². The van der Waals surface area contributed by atoms with Gasteiger partial charge in [0.1, 0.15) is 0 Å². The van der Waals surface area contributed by atoms with Crippen LogP contribution in [-0.2, 0) is 22.5 Å². The van der Waals surface area contributed by atoms with Crippen molar-refractivity contribution in [2.75, 3.05) is 19.4 Å². The van der Waals surface area contributed by atoms with Gasteiger partial charge < -0.3 is 21.1 Å². The van der Waals surface area contributed by atoms with Crippen molar-refractivity contribution in [1.29, 1.82) is 0 Å². The van der Waals surface area contributed by atoms with Gasteiger partial charge in [0.2, 0.25) is 0 Å². The van der Waals surface area contributed by atoms with Gasteiger partial charge >= 0.3 is 0 Å². The Morgan fingerprint density at radius 2 is 1.72 bits per heavy atom. The second-order valence-corrected chi connectivity index (χ2v) is 7.37. The maximum absolute atomic E-state index is 12.5. The number of nitrogens with two attached hydrogens (primary N) is 1. The Labute approximate surface area is 191 Å². The van der Waals surface area contributed by atoms with E-state index in [2.05, 4.69) is 20.6 Å². The lowest BCUT2D eigenvalue weighted by Gasteiger charge is -2.17. The van der Waals surface area contributed by atoms with Gasteiger partial charge in [-0.25, -0.2) is 9.97 Å². The molecule has 0 aliphatic heterocycles. The molecule has 0 radical (unpaired) electrons. The molecule has 3 aromatic rings. The lowest BCUT2D eigenvalue weighted by Crippen LogP contribution is -2.32. The van der Waals surface area contributed by atoms with Crippen LogP contribution in [0.25, 0.3) is 0 Å². The first kappa shape index (κ1) is 23.2. The van der Waals surface area contributed by atoms with E-state index in [-0.39, 0.29) is 23.3 Å². The average Bonchev–Trinajstić information content (AvgIpc) is 2.80. The summed E-state index contributed by atoms with van der Waals surface area (Å²) in [6.45, 7) is 0.782. The fourth-order valence-electron chi connectivity index (χ4n) is 3.10. The van der Waals surface area contributed by atoms with Crippen LogP contribution in [0.15, 0.2) is 60.9 Å². The quantitative estimate of drug-likeness (QED) is 0.458. The molecule has 1 heterocycles. The maximum atomic E-state index is 12.5. The summed E-state index contributed by atoms with van der Waals surface area (Å²) in [5.41, 5.74) is 8.37. The molecule has 2 aromatic carbocycles. The molecule has 0 aliphatic carbocycles. The van der Waals surface area contributed by atoms with Crippen molar-refractivity contribution in [2.24, 2.45) is 0 Å². The summed E-state index contributed by atoms with van der Waals surface area (Å²) in [7, 11) is 1.48. The van der Waals surface area contributed by atoms with Gasteiger partial charge in [0, 0.05) is 43.2 Å². The van der Waals surface area contributed by atoms with E-state index in [0.717, 1.165) is 11.1 Å². The molecule has 0 unspecified atom stereocenters. The fourth-order valence-corrected chi connectivity index (χ4v) is 3.33. The minimum Gasteiger partial charge on any atom is -0.382 e. The Kier molecular flexibility index (Phi) is 8.13. The first-order valence-corrected chi connectivity index (χ1v) is 10.3. The van der Waals surface area contributed by atoms with Crippen LogP contribution in [0.2, 0.25) is 5.02 Å². The highest BCUT2D eigenvalue weighted by molar-refractivity contribution is 6.31. The van der Waals surface area contributed by atoms with Crippen molar-refractivity contribution >= 4 is 29.2 Å². The van der Waals surface area contributed by atoms with Gasteiger partial charge in [0.25, 0.3) is 11.8 Å². The number of nitrogens with one attached hydrogen (secondary N) is 2. The van der Waals surface area contributed by atoms with Crippen LogP contribution in [-0.4, -0.2) is 35.4 Å². The standard InChI is InChI=1S/C23H24ClN5O3/c1-32-20(17-4-2-3-5-18(17)24)23(31)28-11-10-15-6-8-16(9-7-15)14-29-22(30)19-21(25)27-13-12-26-19/h2-9,12-13,20H,10-11,14H2,1H3,(H2,25,27)(H,28,31)(H,29,30)/t20-/m1/s1. The molecule has 8 nitrogen and oxygen atoms in total. The number of nitrogen functional groups attached to an aromatic ring is 1. The number of ether oxygens (including phenoxy) is 1. The topological polar surface area (TPSA) is 119 Å². The van der Waals surface area contributed by atoms with Crippen molar-refractivity contribution in [3.05, 3.63) is 88.3 Å². The van der Waals surface area contributed by atoms with Gasteiger partial charge in [-0.1, -0.05) is 54.1 Å². The molecule has 0 bridgehead atoms. The molecule has 2 amide bonds. The number of hydrogen-bond acceptors (Lipinski definition) is 6. The highest BCUT2D eigenvalue weighted by Gasteiger charge is 2.21. The van der Waals surface area contributed by atoms with Crippen LogP contribution in [0.5, 0.6) is 0 Å². The van der Waals surface area contributed by atoms with Gasteiger partial charge in [-0.15, -0.1) is 0 Å². The van der Waals surface area contributed by atoms with Crippen molar-refractivity contribution in [3.8, 4) is 0 Å².